The van der Waals surface area contributed by atoms with Crippen LogP contribution < -0.4 is 31.4 Å². The van der Waals surface area contributed by atoms with Crippen molar-refractivity contribution >= 4 is 40.9 Å². The Morgan fingerprint density at radius 2 is 1.68 bits per heavy atom. The summed E-state index contributed by atoms with van der Waals surface area (Å²) in [5, 5.41) is 17.9. The van der Waals surface area contributed by atoms with Crippen LogP contribution >= 0.6 is 11.6 Å². The number of amidine groups is 1. The maximum atomic E-state index is 13.1. The maximum Gasteiger partial charge on any atom is 0.490 e. The third kappa shape index (κ3) is 8.29. The third-order valence-corrected chi connectivity index (χ3v) is 5.27. The predicted molar refractivity (Wildman–Crippen MR) is 136 cm³/mol. The van der Waals surface area contributed by atoms with Crippen LogP contribution in [-0.2, 0) is 9.59 Å². The largest absolute Gasteiger partial charge is 0.493 e. The van der Waals surface area contributed by atoms with Gasteiger partial charge in [-0.3, -0.25) is 25.8 Å². The number of nitrogen functional groups attached to an aromatic ring is 1. The highest BCUT2D eigenvalue weighted by Gasteiger charge is 2.38. The van der Waals surface area contributed by atoms with Gasteiger partial charge in [-0.25, -0.2) is 4.79 Å². The smallest absolute Gasteiger partial charge is 0.490 e. The number of amides is 2. The van der Waals surface area contributed by atoms with Crippen molar-refractivity contribution in [2.24, 2.45) is 5.73 Å². The van der Waals surface area contributed by atoms with Gasteiger partial charge in [-0.2, -0.15) is 13.2 Å². The van der Waals surface area contributed by atoms with Gasteiger partial charge in [0.25, 0.3) is 5.91 Å². The normalized spacial score (nSPS) is 11.2. The van der Waals surface area contributed by atoms with Gasteiger partial charge in [-0.15, -0.1) is 0 Å². The van der Waals surface area contributed by atoms with Gasteiger partial charge in [0.2, 0.25) is 0 Å². The summed E-state index contributed by atoms with van der Waals surface area (Å²) in [6.45, 7) is 0. The number of halogens is 4. The summed E-state index contributed by atoms with van der Waals surface area (Å²) in [5.41, 5.74) is 11.6. The highest BCUT2D eigenvalue weighted by Crippen LogP contribution is 2.40. The monoisotopic (exact) mass is 585 g/mol. The zero-order chi connectivity index (χ0) is 30.0. The van der Waals surface area contributed by atoms with Crippen LogP contribution in [0.3, 0.4) is 0 Å². The Hall–Kier alpha value is -4.92. The summed E-state index contributed by atoms with van der Waals surface area (Å²) in [5.74, 6) is -3.41. The molecule has 0 fully saturated rings. The molecule has 214 valence electrons. The second-order valence-electron chi connectivity index (χ2n) is 7.50. The molecule has 2 aromatic carbocycles. The number of carbonyl (C=O) groups is 3. The van der Waals surface area contributed by atoms with Gasteiger partial charge in [0, 0.05) is 16.8 Å². The number of hydrazine groups is 1. The van der Waals surface area contributed by atoms with E-state index in [4.69, 9.17) is 46.5 Å². The number of rotatable bonds is 8. The zero-order valence-corrected chi connectivity index (χ0v) is 21.5. The number of alkyl halides is 3. The van der Waals surface area contributed by atoms with Crippen molar-refractivity contribution in [2.75, 3.05) is 19.5 Å². The summed E-state index contributed by atoms with van der Waals surface area (Å²) in [7, 11) is 2.90. The molecule has 0 aliphatic carbocycles. The van der Waals surface area contributed by atoms with Gasteiger partial charge in [0.05, 0.1) is 25.5 Å². The number of carboxylic acid groups (broad SMARTS) is 1. The van der Waals surface area contributed by atoms with Crippen LogP contribution in [0.5, 0.6) is 11.5 Å². The van der Waals surface area contributed by atoms with Crippen LogP contribution in [0.15, 0.2) is 59.2 Å². The Morgan fingerprint density at radius 3 is 2.15 bits per heavy atom. The third-order valence-electron chi connectivity index (χ3n) is 4.88. The number of anilines is 1. The number of benzene rings is 2. The topological polar surface area (TPSA) is 189 Å². The molecule has 0 radical (unpaired) electrons. The number of ether oxygens (including phenoxy) is 2. The molecule has 0 aliphatic heterocycles. The number of methoxy groups -OCH3 is 2. The summed E-state index contributed by atoms with van der Waals surface area (Å²) in [4.78, 5) is 34.1. The van der Waals surface area contributed by atoms with Crippen molar-refractivity contribution in [1.29, 1.82) is 5.41 Å². The zero-order valence-electron chi connectivity index (χ0n) is 20.8. The maximum absolute atomic E-state index is 13.1. The van der Waals surface area contributed by atoms with Crippen LogP contribution in [0, 0.1) is 5.41 Å². The average Bonchev–Trinajstić information content (AvgIpc) is 3.45. The number of hydrogen-bond donors (Lipinski definition) is 6. The Bertz CT molecular complexity index is 1350. The van der Waals surface area contributed by atoms with Crippen molar-refractivity contribution in [3.05, 3.63) is 76.7 Å². The molecule has 2 amide bonds. The lowest BCUT2D eigenvalue weighted by Gasteiger charge is -2.22. The van der Waals surface area contributed by atoms with Gasteiger partial charge in [-0.1, -0.05) is 17.7 Å². The molecule has 3 aromatic rings. The van der Waals surface area contributed by atoms with E-state index in [2.05, 4.69) is 16.2 Å². The minimum Gasteiger partial charge on any atom is -0.493 e. The second kappa shape index (κ2) is 13.7. The highest BCUT2D eigenvalue weighted by molar-refractivity contribution is 6.33. The fraction of sp³-hybridized carbons (Fsp3) is 0.167. The van der Waals surface area contributed by atoms with Crippen molar-refractivity contribution in [3.63, 3.8) is 0 Å². The van der Waals surface area contributed by atoms with Gasteiger partial charge in [0.15, 0.2) is 17.3 Å². The molecular weight excluding hydrogens is 563 g/mol. The molecule has 12 nitrogen and oxygen atoms in total. The molecule has 1 heterocycles. The molecule has 0 spiro atoms. The number of nitrogens with one attached hydrogen (secondary N) is 4. The van der Waals surface area contributed by atoms with E-state index in [1.807, 2.05) is 0 Å². The fourth-order valence-electron chi connectivity index (χ4n) is 2.98. The molecule has 0 aliphatic rings. The Kier molecular flexibility index (Phi) is 10.8. The van der Waals surface area contributed by atoms with E-state index in [1.54, 1.807) is 42.5 Å². The number of aliphatic carboxylic acids is 1. The van der Waals surface area contributed by atoms with E-state index in [9.17, 15) is 22.8 Å². The van der Waals surface area contributed by atoms with Crippen molar-refractivity contribution in [3.8, 4) is 11.5 Å². The van der Waals surface area contributed by atoms with Crippen LogP contribution in [0.2, 0.25) is 5.02 Å². The lowest BCUT2D eigenvalue weighted by Crippen LogP contribution is -2.45. The summed E-state index contributed by atoms with van der Waals surface area (Å²) in [6, 6.07) is 11.8. The van der Waals surface area contributed by atoms with Crippen molar-refractivity contribution in [1.82, 2.24) is 10.9 Å². The van der Waals surface area contributed by atoms with E-state index < -0.39 is 30.0 Å². The molecule has 3 rings (SSSR count). The first-order chi connectivity index (χ1) is 18.8. The molecule has 7 N–H and O–H groups in total. The molecule has 0 saturated carbocycles. The molecule has 16 heteroatoms. The van der Waals surface area contributed by atoms with Crippen LogP contribution in [0.25, 0.3) is 0 Å². The van der Waals surface area contributed by atoms with Gasteiger partial charge in [-0.05, 0) is 42.5 Å². The van der Waals surface area contributed by atoms with E-state index in [-0.39, 0.29) is 22.4 Å². The van der Waals surface area contributed by atoms with E-state index in [0.29, 0.717) is 22.6 Å². The molecule has 1 unspecified atom stereocenters. The van der Waals surface area contributed by atoms with Crippen LogP contribution in [0.4, 0.5) is 18.9 Å². The van der Waals surface area contributed by atoms with Crippen molar-refractivity contribution in [2.45, 2.75) is 12.2 Å². The molecule has 40 heavy (non-hydrogen) atoms. The van der Waals surface area contributed by atoms with E-state index in [0.717, 1.165) is 0 Å². The van der Waals surface area contributed by atoms with Crippen LogP contribution in [-0.4, -0.2) is 49.1 Å². The molecule has 1 aromatic heterocycles. The lowest BCUT2D eigenvalue weighted by molar-refractivity contribution is -0.192. The van der Waals surface area contributed by atoms with Gasteiger partial charge < -0.3 is 30.0 Å². The van der Waals surface area contributed by atoms with Crippen LogP contribution in [0.1, 0.15) is 27.7 Å². The summed E-state index contributed by atoms with van der Waals surface area (Å²) < 4.78 is 47.3. The highest BCUT2D eigenvalue weighted by atomic mass is 35.5. The molecule has 0 bridgehead atoms. The molecule has 0 saturated heterocycles. The van der Waals surface area contributed by atoms with Gasteiger partial charge in [0.1, 0.15) is 11.9 Å². The second-order valence-corrected chi connectivity index (χ2v) is 7.87. The predicted octanol–water partition coefficient (Wildman–Crippen LogP) is 3.48. The molecule has 1 atom stereocenters. The van der Waals surface area contributed by atoms with E-state index in [1.165, 1.54) is 26.5 Å². The number of furan rings is 1. The first-order valence-electron chi connectivity index (χ1n) is 10.8. The first kappa shape index (κ1) is 31.3. The number of nitrogens with two attached hydrogens (primary N) is 1. The number of carboxylic acids is 1. The Balaban J connectivity index is 0.000000708. The van der Waals surface area contributed by atoms with Gasteiger partial charge >= 0.3 is 18.1 Å². The standard InChI is InChI=1S/C22H22ClN5O5.C2HF3O2/c1-31-15-10-9-14(17(23)19(15)32-2)18(26-13-7-5-12(6-8-13)20(24)25)22(30)28-27-21(29)16-4-3-11-33-16;3-2(4,5)1(6)7/h3-11,18,26H,1-2H3,(H3,24,25)(H,27,29)(H,28,30);(H,6,7). The van der Waals surface area contributed by atoms with E-state index >= 15 is 0 Å². The Morgan fingerprint density at radius 1 is 1.05 bits per heavy atom. The fourth-order valence-corrected chi connectivity index (χ4v) is 3.33. The number of carbonyl (C=O) groups excluding carboxylic acids is 2. The minimum atomic E-state index is -5.08. The lowest BCUT2D eigenvalue weighted by atomic mass is 10.0. The quantitative estimate of drug-likeness (QED) is 0.131. The summed E-state index contributed by atoms with van der Waals surface area (Å²) >= 11 is 6.54. The SMILES string of the molecule is COc1ccc(C(Nc2ccc(C(=N)N)cc2)C(=O)NNC(=O)c2ccco2)c(Cl)c1OC.O=C(O)C(F)(F)F. The molecular formula is C24H23ClF3N5O7. The number of hydrogen-bond acceptors (Lipinski definition) is 8. The first-order valence-corrected chi connectivity index (χ1v) is 11.2. The summed E-state index contributed by atoms with van der Waals surface area (Å²) in [6.07, 6.45) is -3.74. The Labute approximate surface area is 229 Å². The van der Waals surface area contributed by atoms with Crippen molar-refractivity contribution < 1.29 is 46.6 Å². The average molecular weight is 586 g/mol. The minimum absolute atomic E-state index is 0.0313.